The number of Topliss-reactive ketones (excluding diaryl/α,β-unsaturated/α-hetero) is 2. The molecule has 684 valence electrons. The van der Waals surface area contributed by atoms with Crippen LogP contribution in [0, 0.1) is 29.6 Å². The number of aromatic nitrogens is 6. The summed E-state index contributed by atoms with van der Waals surface area (Å²) in [4.78, 5) is 89.9. The molecule has 2 amide bonds. The normalized spacial score (nSPS) is 27.3. The summed E-state index contributed by atoms with van der Waals surface area (Å²) in [6.07, 6.45) is 17.7. The number of pyridine rings is 1. The number of hydrogen-bond donors (Lipinski definition) is 7. The Bertz CT molecular complexity index is 4350. The number of ether oxygens (including phenoxy) is 13. The zero-order valence-corrected chi connectivity index (χ0v) is 74.3. The second-order valence-corrected chi connectivity index (χ2v) is 33.8. The molecule has 32 nitrogen and oxygen atoms in total. The summed E-state index contributed by atoms with van der Waals surface area (Å²) in [5, 5.41) is 44.6. The van der Waals surface area contributed by atoms with E-state index in [4.69, 9.17) is 90.4 Å². The average molecular weight is 1750 g/mol. The van der Waals surface area contributed by atoms with E-state index in [-0.39, 0.29) is 60.4 Å². The molecule has 0 spiro atoms. The SMILES string of the molecule is CO[C@H]1C[C@@H]2CC[C@@H](C)[C@@](O)(O2)C(=O)C(=O)N2CCCC[C@H]2C(=O)O[C@H]([C@H](N)C[C@@H]2CC[C@@H](OC(=S)NCCOCCOCCOCCOCCOCCOCCOCCOCCC(=O)N3CCc4cc(Cn5nc(-c6cnc7[nH]ccc7c6)c6c(N)ncnc65)ccc4C3)[C@H](OC)C2)CC[C@H](C)/C=C(\C)[C@@H](O)[C@@H](O)C(=O)[C@H](C)C[C@H](C)/C=C/C=C/C=C/1C. The zero-order valence-electron chi connectivity index (χ0n) is 73.5. The van der Waals surface area contributed by atoms with Gasteiger partial charge in [0, 0.05) is 88.0 Å². The fourth-order valence-electron chi connectivity index (χ4n) is 16.8. The highest BCUT2D eigenvalue weighted by Gasteiger charge is 2.53. The molecule has 1 aromatic carbocycles. The predicted molar refractivity (Wildman–Crippen MR) is 469 cm³/mol. The fraction of sp³-hybridized carbons (Fsp3) is 0.648. The van der Waals surface area contributed by atoms with E-state index in [0.717, 1.165) is 39.7 Å². The van der Waals surface area contributed by atoms with Gasteiger partial charge in [0.25, 0.3) is 16.9 Å². The number of nitrogens with zero attached hydrogens (tertiary/aromatic N) is 7. The maximum atomic E-state index is 14.7. The summed E-state index contributed by atoms with van der Waals surface area (Å²) < 4.78 is 77.9. The number of methoxy groups -OCH3 is 2. The minimum atomic E-state index is -2.45. The lowest BCUT2D eigenvalue weighted by Crippen LogP contribution is -2.61. The Morgan fingerprint density at radius 1 is 0.718 bits per heavy atom. The van der Waals surface area contributed by atoms with Gasteiger partial charge in [-0.1, -0.05) is 82.4 Å². The molecule has 2 saturated heterocycles. The number of benzene rings is 1. The number of aromatic amines is 1. The lowest BCUT2D eigenvalue weighted by atomic mass is 9.80. The number of hydrogen-bond acceptors (Lipinski definition) is 28. The van der Waals surface area contributed by atoms with Gasteiger partial charge in [-0.05, 0) is 167 Å². The van der Waals surface area contributed by atoms with E-state index in [1.54, 1.807) is 47.3 Å². The molecule has 15 atom stereocenters. The van der Waals surface area contributed by atoms with Gasteiger partial charge in [0.2, 0.25) is 11.7 Å². The van der Waals surface area contributed by atoms with Crippen LogP contribution in [0.2, 0.25) is 0 Å². The Balaban J connectivity index is 0.543. The lowest BCUT2D eigenvalue weighted by Gasteiger charge is -2.42. The zero-order chi connectivity index (χ0) is 88.5. The molecule has 124 heavy (non-hydrogen) atoms. The van der Waals surface area contributed by atoms with Gasteiger partial charge in [0.05, 0.1) is 142 Å². The van der Waals surface area contributed by atoms with Crippen molar-refractivity contribution in [3.63, 3.8) is 0 Å². The van der Waals surface area contributed by atoms with Crippen molar-refractivity contribution in [2.45, 2.75) is 212 Å². The lowest BCUT2D eigenvalue weighted by molar-refractivity contribution is -0.265. The number of rotatable bonds is 36. The predicted octanol–water partition coefficient (Wildman–Crippen LogP) is 8.36. The van der Waals surface area contributed by atoms with Crippen LogP contribution in [0.5, 0.6) is 0 Å². The number of esters is 1. The van der Waals surface area contributed by atoms with Gasteiger partial charge in [0.15, 0.2) is 11.4 Å². The number of aliphatic hydroxyl groups is 3. The van der Waals surface area contributed by atoms with Crippen LogP contribution < -0.4 is 16.8 Å². The first kappa shape index (κ1) is 98.2. The van der Waals surface area contributed by atoms with Crippen molar-refractivity contribution < 1.29 is 101 Å². The van der Waals surface area contributed by atoms with E-state index in [1.807, 2.05) is 79.1 Å². The largest absolute Gasteiger partial charge is 0.465 e. The summed E-state index contributed by atoms with van der Waals surface area (Å²) >= 11 is 5.61. The number of nitrogen functional groups attached to an aromatic ring is 1. The van der Waals surface area contributed by atoms with Crippen LogP contribution >= 0.6 is 12.2 Å². The quantitative estimate of drug-likeness (QED) is 0.00650. The highest BCUT2D eigenvalue weighted by atomic mass is 32.1. The van der Waals surface area contributed by atoms with Gasteiger partial charge >= 0.3 is 5.97 Å². The molecule has 0 unspecified atom stereocenters. The number of carbonyl (C=O) groups is 5. The Morgan fingerprint density at radius 2 is 1.40 bits per heavy atom. The van der Waals surface area contributed by atoms with Crippen LogP contribution in [0.3, 0.4) is 0 Å². The number of piperidine rings is 1. The van der Waals surface area contributed by atoms with E-state index in [0.29, 0.717) is 237 Å². The number of amides is 2. The molecule has 4 aliphatic heterocycles. The van der Waals surface area contributed by atoms with E-state index >= 15 is 0 Å². The Morgan fingerprint density at radius 3 is 2.09 bits per heavy atom. The third-order valence-corrected chi connectivity index (χ3v) is 24.3. The maximum absolute atomic E-state index is 14.7. The molecular formula is C91H133N11O21S. The first-order valence-corrected chi connectivity index (χ1v) is 44.6. The van der Waals surface area contributed by atoms with Crippen molar-refractivity contribution in [2.75, 3.05) is 145 Å². The van der Waals surface area contributed by atoms with Crippen LogP contribution in [0.25, 0.3) is 33.3 Å². The molecule has 8 heterocycles. The number of carbonyl (C=O) groups excluding carboxylic acids is 5. The molecule has 5 aromatic rings. The minimum absolute atomic E-state index is 0.0263. The molecule has 9 N–H and O–H groups in total. The molecule has 5 aliphatic rings. The Hall–Kier alpha value is -7.94. The summed E-state index contributed by atoms with van der Waals surface area (Å²) in [7, 11) is 3.20. The number of anilines is 1. The van der Waals surface area contributed by atoms with Crippen LogP contribution in [0.15, 0.2) is 96.7 Å². The summed E-state index contributed by atoms with van der Waals surface area (Å²) in [6.45, 7) is 19.4. The smallest absolute Gasteiger partial charge is 0.329 e. The Labute approximate surface area is 733 Å². The third-order valence-electron chi connectivity index (χ3n) is 24.0. The van der Waals surface area contributed by atoms with E-state index in [9.17, 15) is 39.3 Å². The first-order chi connectivity index (χ1) is 59.9. The number of thiocarbonyl (C=S) groups is 1. The van der Waals surface area contributed by atoms with Gasteiger partial charge < -0.3 is 108 Å². The van der Waals surface area contributed by atoms with Crippen molar-refractivity contribution in [3.05, 3.63) is 113 Å². The molecule has 4 aromatic heterocycles. The number of cyclic esters (lactones) is 1. The summed E-state index contributed by atoms with van der Waals surface area (Å²) in [5.41, 5.74) is 21.1. The Kier molecular flexibility index (Phi) is 40.1. The molecule has 2 bridgehead atoms. The van der Waals surface area contributed by atoms with Crippen LogP contribution in [-0.4, -0.2) is 290 Å². The molecule has 33 heteroatoms. The molecule has 10 rings (SSSR count). The average Bonchev–Trinajstić information content (AvgIpc) is 1.41. The standard InChI is InChI=1S/C91H133N11O21S/c1-59-14-10-9-11-15-61(3)76(111-7)54-71-22-18-64(6)91(110,123-71)84(107)88(108)101-30-13-12-16-73(101)89(109)121-74(23-17-60(2)49-63(5)82(105)83(106)81(104)62(4)48-59)72(92)51-65-20-24-75(77(52-65)112-8)122-90(124)95-29-33-114-35-37-116-39-41-118-43-45-120-47-46-119-44-42-117-40-38-115-36-34-113-32-27-78(103)100-31-26-67-50-66(19-21-69(67)57-100)56-102-87-79(85(93)97-58-98-87)80(99-102)70-53-68-25-28-94-86(68)96-55-70/h9-11,14-15,19,21,25,28,49-50,53,55,58-60,62,64-65,71-77,82-83,105-106,110H,12-13,16-18,20,22-24,26-27,29-48,51-52,54,56-57,92H2,1-8H3,(H,94,96)(H,95,124)(H2,93,97,98)/b11-9+,14-10+,61-15+,63-49+/t59-,60+,62-,64-,65+,71+,72-,73+,74+,75-,76+,77-,82-,83+,91-/m1/s1. The molecule has 0 radical (unpaired) electrons. The highest BCUT2D eigenvalue weighted by Crippen LogP contribution is 2.39. The first-order valence-electron chi connectivity index (χ1n) is 44.2. The third kappa shape index (κ3) is 29.0. The van der Waals surface area contributed by atoms with Crippen molar-refractivity contribution >= 4 is 74.6 Å². The topological polar surface area (TPSA) is 409 Å². The van der Waals surface area contributed by atoms with Crippen molar-refractivity contribution in [1.82, 2.24) is 44.8 Å². The highest BCUT2D eigenvalue weighted by molar-refractivity contribution is 7.80. The summed E-state index contributed by atoms with van der Waals surface area (Å²) in [5.74, 6) is -6.89. The van der Waals surface area contributed by atoms with Gasteiger partial charge in [0.1, 0.15) is 53.9 Å². The van der Waals surface area contributed by atoms with E-state index in [2.05, 4.69) is 43.5 Å². The van der Waals surface area contributed by atoms with Crippen LogP contribution in [0.1, 0.15) is 148 Å². The number of nitrogens with one attached hydrogen (secondary N) is 2. The van der Waals surface area contributed by atoms with Gasteiger partial charge in [-0.2, -0.15) is 5.10 Å². The number of H-pyrrole nitrogens is 1. The number of fused-ring (bicyclic) bond motifs is 6. The van der Waals surface area contributed by atoms with Crippen molar-refractivity contribution in [1.29, 1.82) is 0 Å². The molecular weight excluding hydrogens is 1620 g/mol. The number of aliphatic hydroxyl groups excluding tert-OH is 2. The van der Waals surface area contributed by atoms with E-state index < -0.39 is 83.7 Å². The monoisotopic (exact) mass is 1750 g/mol. The van der Waals surface area contributed by atoms with Gasteiger partial charge in [-0.15, -0.1) is 0 Å². The molecule has 1 aliphatic carbocycles. The molecule has 3 fully saturated rings. The number of ketones is 2. The second kappa shape index (κ2) is 50.6. The summed E-state index contributed by atoms with van der Waals surface area (Å²) in [6, 6.07) is 8.52. The molecule has 1 saturated carbocycles. The minimum Gasteiger partial charge on any atom is -0.465 e. The van der Waals surface area contributed by atoms with Crippen LogP contribution in [0.4, 0.5) is 5.82 Å². The van der Waals surface area contributed by atoms with Gasteiger partial charge in [-0.3, -0.25) is 19.2 Å². The van der Waals surface area contributed by atoms with E-state index in [1.165, 1.54) is 16.8 Å². The van der Waals surface area contributed by atoms with Crippen molar-refractivity contribution in [3.8, 4) is 11.3 Å². The number of allylic oxidation sites excluding steroid dienone is 6. The maximum Gasteiger partial charge on any atom is 0.329 e. The fourth-order valence-corrected chi connectivity index (χ4v) is 17.1. The van der Waals surface area contributed by atoms with Gasteiger partial charge in [-0.25, -0.2) is 24.4 Å². The van der Waals surface area contributed by atoms with Crippen LogP contribution in [-0.2, 0) is 105 Å². The van der Waals surface area contributed by atoms with Crippen molar-refractivity contribution in [2.24, 2.45) is 35.3 Å². The second-order valence-electron chi connectivity index (χ2n) is 33.4. The number of nitrogens with two attached hydrogens (primary N) is 2.